The first-order valence-electron chi connectivity index (χ1n) is 3.71. The van der Waals surface area contributed by atoms with Crippen LogP contribution in [0.15, 0.2) is 0 Å². The Balaban J connectivity index is 2.78. The third-order valence-corrected chi connectivity index (χ3v) is 2.12. The number of hydrogen-bond donors (Lipinski definition) is 5. The summed E-state index contributed by atoms with van der Waals surface area (Å²) >= 11 is 3.33. The van der Waals surface area contributed by atoms with Gasteiger partial charge < -0.3 is 25.2 Å². The van der Waals surface area contributed by atoms with Gasteiger partial charge in [0.15, 0.2) is 12.4 Å². The van der Waals surface area contributed by atoms with Gasteiger partial charge in [-0.3, -0.25) is 4.18 Å². The topological polar surface area (TPSA) is 116 Å². The van der Waals surface area contributed by atoms with Gasteiger partial charge in [-0.1, -0.05) is 0 Å². The fourth-order valence-corrected chi connectivity index (χ4v) is 1.31. The zero-order valence-corrected chi connectivity index (χ0v) is 7.74. The van der Waals surface area contributed by atoms with Crippen molar-refractivity contribution in [3.8, 4) is 0 Å². The van der Waals surface area contributed by atoms with Crippen LogP contribution in [0.5, 0.6) is 0 Å². The number of carbonyl (C=O) groups is 1. The van der Waals surface area contributed by atoms with Crippen molar-refractivity contribution in [1.82, 2.24) is 0 Å². The molecule has 0 saturated carbocycles. The lowest BCUT2D eigenvalue weighted by Crippen LogP contribution is -2.59. The van der Waals surface area contributed by atoms with Gasteiger partial charge in [0.1, 0.15) is 18.3 Å². The predicted octanol–water partition coefficient (Wildman–Crippen LogP) is -2.26. The zero-order chi connectivity index (χ0) is 10.9. The van der Waals surface area contributed by atoms with Crippen molar-refractivity contribution >= 4 is 18.9 Å². The summed E-state index contributed by atoms with van der Waals surface area (Å²) in [5, 5.41) is 36.2. The first-order valence-corrected chi connectivity index (χ1v) is 4.08. The molecule has 0 bridgehead atoms. The molecule has 0 aliphatic carbocycles. The molecule has 5 atom stereocenters. The van der Waals surface area contributed by atoms with Crippen LogP contribution in [0.2, 0.25) is 0 Å². The number of aliphatic hydroxyl groups is 3. The molecule has 4 N–H and O–H groups in total. The number of carboxylic acid groups (broad SMARTS) is 1. The maximum Gasteiger partial charge on any atom is 0.335 e. The van der Waals surface area contributed by atoms with E-state index in [0.717, 1.165) is 0 Å². The lowest BCUT2D eigenvalue weighted by Gasteiger charge is -2.37. The first-order chi connectivity index (χ1) is 6.49. The summed E-state index contributed by atoms with van der Waals surface area (Å²) in [6.07, 6.45) is -7.94. The molecule has 0 spiro atoms. The average Bonchev–Trinajstić information content (AvgIpc) is 2.14. The van der Waals surface area contributed by atoms with Gasteiger partial charge in [-0.2, -0.15) is 0 Å². The predicted molar refractivity (Wildman–Crippen MR) is 44.4 cm³/mol. The molecule has 0 amide bonds. The minimum absolute atomic E-state index is 1.39. The van der Waals surface area contributed by atoms with Crippen molar-refractivity contribution in [2.45, 2.75) is 30.7 Å². The molecule has 0 aromatic carbocycles. The van der Waals surface area contributed by atoms with Crippen LogP contribution in [0.25, 0.3) is 0 Å². The van der Waals surface area contributed by atoms with Crippen molar-refractivity contribution in [2.24, 2.45) is 0 Å². The van der Waals surface area contributed by atoms with Gasteiger partial charge in [-0.15, -0.1) is 0 Å². The highest BCUT2D eigenvalue weighted by atomic mass is 32.1. The van der Waals surface area contributed by atoms with E-state index in [1.807, 2.05) is 0 Å². The van der Waals surface area contributed by atoms with E-state index in [-0.39, 0.29) is 0 Å². The fraction of sp³-hybridized carbons (Fsp3) is 0.833. The monoisotopic (exact) mass is 226 g/mol. The maximum absolute atomic E-state index is 10.5. The van der Waals surface area contributed by atoms with Crippen LogP contribution in [0.1, 0.15) is 0 Å². The number of aliphatic hydroxyl groups excluding tert-OH is 3. The molecule has 1 aliphatic rings. The quantitative estimate of drug-likeness (QED) is 0.266. The van der Waals surface area contributed by atoms with Gasteiger partial charge in [-0.05, 0) is 12.9 Å². The van der Waals surface area contributed by atoms with Crippen LogP contribution in [0, 0.1) is 0 Å². The molecule has 1 heterocycles. The Labute approximate surface area is 84.5 Å². The molecule has 1 rings (SSSR count). The zero-order valence-electron chi connectivity index (χ0n) is 6.85. The summed E-state index contributed by atoms with van der Waals surface area (Å²) in [5.41, 5.74) is 0. The summed E-state index contributed by atoms with van der Waals surface area (Å²) in [6.45, 7) is 0. The molecule has 7 nitrogen and oxygen atoms in total. The van der Waals surface area contributed by atoms with Crippen molar-refractivity contribution in [1.29, 1.82) is 0 Å². The summed E-state index contributed by atoms with van der Waals surface area (Å²) in [5.74, 6) is -1.46. The van der Waals surface area contributed by atoms with E-state index in [1.54, 1.807) is 0 Å². The average molecular weight is 226 g/mol. The molecule has 1 saturated heterocycles. The van der Waals surface area contributed by atoms with Crippen molar-refractivity contribution in [2.75, 3.05) is 0 Å². The molecule has 0 aromatic rings. The van der Waals surface area contributed by atoms with E-state index in [2.05, 4.69) is 21.8 Å². The lowest BCUT2D eigenvalue weighted by molar-refractivity contribution is -0.267. The number of rotatable bonds is 2. The summed E-state index contributed by atoms with van der Waals surface area (Å²) in [4.78, 5) is 10.5. The molecule has 1 aliphatic heterocycles. The van der Waals surface area contributed by atoms with Gasteiger partial charge in [0.25, 0.3) is 0 Å². The second-order valence-corrected chi connectivity index (χ2v) is 3.05. The highest BCUT2D eigenvalue weighted by molar-refractivity contribution is 7.75. The number of carboxylic acids is 1. The van der Waals surface area contributed by atoms with Crippen LogP contribution in [0.4, 0.5) is 0 Å². The summed E-state index contributed by atoms with van der Waals surface area (Å²) in [6, 6.07) is 0. The van der Waals surface area contributed by atoms with Crippen molar-refractivity contribution < 1.29 is 34.1 Å². The highest BCUT2D eigenvalue weighted by Gasteiger charge is 2.47. The van der Waals surface area contributed by atoms with Crippen molar-refractivity contribution in [3.05, 3.63) is 0 Å². The Kier molecular flexibility index (Phi) is 3.70. The number of hydrogen-bond acceptors (Lipinski definition) is 7. The molecule has 8 heteroatoms. The van der Waals surface area contributed by atoms with Crippen LogP contribution in [-0.2, 0) is 13.7 Å². The van der Waals surface area contributed by atoms with Gasteiger partial charge in [0.05, 0.1) is 0 Å². The normalized spacial score (nSPS) is 43.6. The summed E-state index contributed by atoms with van der Waals surface area (Å²) in [7, 11) is 0. The Morgan fingerprint density at radius 1 is 1.21 bits per heavy atom. The molecule has 14 heavy (non-hydrogen) atoms. The minimum atomic E-state index is -1.71. The van der Waals surface area contributed by atoms with Gasteiger partial charge in [0.2, 0.25) is 0 Å². The Hall–Kier alpha value is -0.380. The Morgan fingerprint density at radius 2 is 1.79 bits per heavy atom. The third-order valence-electron chi connectivity index (χ3n) is 1.92. The molecule has 0 aromatic heterocycles. The molecule has 0 radical (unpaired) electrons. The highest BCUT2D eigenvalue weighted by Crippen LogP contribution is 2.22. The molecule has 82 valence electrons. The molecular weight excluding hydrogens is 216 g/mol. The van der Waals surface area contributed by atoms with Crippen LogP contribution in [-0.4, -0.2) is 57.1 Å². The third kappa shape index (κ3) is 2.00. The van der Waals surface area contributed by atoms with Gasteiger partial charge in [0, 0.05) is 0 Å². The largest absolute Gasteiger partial charge is 0.479 e. The number of ether oxygens (including phenoxy) is 1. The minimum Gasteiger partial charge on any atom is -0.479 e. The Bertz CT molecular complexity index is 220. The van der Waals surface area contributed by atoms with E-state index in [9.17, 15) is 20.1 Å². The molecular formula is C6H10O7S. The number of aliphatic carboxylic acids is 1. The van der Waals surface area contributed by atoms with E-state index in [0.29, 0.717) is 0 Å². The van der Waals surface area contributed by atoms with Crippen LogP contribution >= 0.6 is 12.9 Å². The standard InChI is InChI=1S/C6H10O7S/c7-1-2(8)4(5(10)11)12-6(13-14)3(1)9/h1-4,6-9,14H,(H,10,11)/t1-,2-,3+,4-,6?/m0/s1. The Morgan fingerprint density at radius 3 is 2.21 bits per heavy atom. The van der Waals surface area contributed by atoms with E-state index < -0.39 is 36.7 Å². The number of thiol groups is 1. The lowest BCUT2D eigenvalue weighted by atomic mass is 9.99. The van der Waals surface area contributed by atoms with E-state index >= 15 is 0 Å². The maximum atomic E-state index is 10.5. The second-order valence-electron chi connectivity index (χ2n) is 2.84. The SMILES string of the molecule is O=C(O)[C@H]1OC(OS)[C@H](O)[C@@H](O)[C@@H]1O. The van der Waals surface area contributed by atoms with Gasteiger partial charge >= 0.3 is 5.97 Å². The van der Waals surface area contributed by atoms with E-state index in [1.165, 1.54) is 0 Å². The molecule has 1 unspecified atom stereocenters. The second kappa shape index (κ2) is 4.43. The fourth-order valence-electron chi connectivity index (χ4n) is 1.14. The van der Waals surface area contributed by atoms with E-state index in [4.69, 9.17) is 5.11 Å². The smallest absolute Gasteiger partial charge is 0.335 e. The summed E-state index contributed by atoms with van der Waals surface area (Å²) < 4.78 is 8.92. The molecule has 1 fully saturated rings. The van der Waals surface area contributed by atoms with Crippen LogP contribution < -0.4 is 0 Å². The van der Waals surface area contributed by atoms with Crippen molar-refractivity contribution in [3.63, 3.8) is 0 Å². The first kappa shape index (κ1) is 11.7. The van der Waals surface area contributed by atoms with Crippen LogP contribution in [0.3, 0.4) is 0 Å². The van der Waals surface area contributed by atoms with Gasteiger partial charge in [-0.25, -0.2) is 4.79 Å².